The normalized spacial score (nSPS) is 11.6. The number of methoxy groups -OCH3 is 3. The molecule has 2 N–H and O–H groups in total. The molecule has 1 unspecified atom stereocenters. The second kappa shape index (κ2) is 14.1. The molecular formula is C32H30N4O7S2. The molecule has 232 valence electrons. The van der Waals surface area contributed by atoms with Crippen molar-refractivity contribution in [3.05, 3.63) is 78.4 Å². The first-order chi connectivity index (χ1) is 21.5. The van der Waals surface area contributed by atoms with Crippen molar-refractivity contribution in [2.24, 2.45) is 0 Å². The highest BCUT2D eigenvalue weighted by Gasteiger charge is 2.24. The number of sulfonamides is 1. The van der Waals surface area contributed by atoms with Crippen LogP contribution in [0.4, 0.5) is 5.69 Å². The van der Waals surface area contributed by atoms with Gasteiger partial charge in [0.1, 0.15) is 11.1 Å². The third kappa shape index (κ3) is 7.54. The molecule has 13 heteroatoms. The standard InChI is InChI=1S/C32H30N4O7S2/c1-19(31(38)34-23-11-13-24(14-12-23)45(39,40)36-20(2)37)44-32-26(18-33)25(17-27(35-32)21-9-7-6-8-10-21)22-15-28(41-3)30(43-5)29(16-22)42-4/h6-17,19H,1-5H3,(H,34,38)(H,36,37). The van der Waals surface area contributed by atoms with E-state index in [1.54, 1.807) is 25.1 Å². The van der Waals surface area contributed by atoms with Crippen LogP contribution in [-0.2, 0) is 19.6 Å². The molecule has 0 saturated heterocycles. The van der Waals surface area contributed by atoms with E-state index in [-0.39, 0.29) is 10.5 Å². The Kier molecular flexibility index (Phi) is 10.3. The van der Waals surface area contributed by atoms with Gasteiger partial charge in [0.2, 0.25) is 17.6 Å². The average Bonchev–Trinajstić information content (AvgIpc) is 3.03. The molecule has 4 rings (SSSR count). The molecule has 0 aliphatic heterocycles. The molecule has 1 aromatic heterocycles. The SMILES string of the molecule is COc1cc(-c2cc(-c3ccccc3)nc(SC(C)C(=O)Nc3ccc(S(=O)(=O)NC(C)=O)cc3)c2C#N)cc(OC)c1OC. The number of aromatic nitrogens is 1. The Hall–Kier alpha value is -5.06. The van der Waals surface area contributed by atoms with Crippen LogP contribution in [0.15, 0.2) is 82.7 Å². The van der Waals surface area contributed by atoms with Crippen molar-refractivity contribution < 1.29 is 32.2 Å². The Morgan fingerprint density at radius 1 is 0.911 bits per heavy atom. The van der Waals surface area contributed by atoms with Gasteiger partial charge in [-0.05, 0) is 55.0 Å². The van der Waals surface area contributed by atoms with Crippen LogP contribution in [0.2, 0.25) is 0 Å². The Morgan fingerprint density at radius 2 is 1.53 bits per heavy atom. The molecule has 0 spiro atoms. The minimum Gasteiger partial charge on any atom is -0.493 e. The first-order valence-corrected chi connectivity index (χ1v) is 15.8. The minimum absolute atomic E-state index is 0.127. The molecule has 3 aromatic carbocycles. The number of thioether (sulfide) groups is 1. The van der Waals surface area contributed by atoms with Gasteiger partial charge in [0.05, 0.1) is 42.7 Å². The van der Waals surface area contributed by atoms with Gasteiger partial charge < -0.3 is 19.5 Å². The van der Waals surface area contributed by atoms with Gasteiger partial charge in [0, 0.05) is 23.7 Å². The summed E-state index contributed by atoms with van der Waals surface area (Å²) in [7, 11) is 0.500. The van der Waals surface area contributed by atoms with Crippen molar-refractivity contribution in [3.8, 4) is 45.7 Å². The van der Waals surface area contributed by atoms with Crippen LogP contribution in [0.1, 0.15) is 19.4 Å². The topological polar surface area (TPSA) is 157 Å². The minimum atomic E-state index is -4.01. The predicted octanol–water partition coefficient (Wildman–Crippen LogP) is 5.26. The van der Waals surface area contributed by atoms with Gasteiger partial charge in [-0.3, -0.25) is 9.59 Å². The molecule has 0 fully saturated rings. The maximum absolute atomic E-state index is 13.2. The summed E-state index contributed by atoms with van der Waals surface area (Å²) in [6.07, 6.45) is 0. The number of nitrogens with one attached hydrogen (secondary N) is 2. The maximum Gasteiger partial charge on any atom is 0.264 e. The van der Waals surface area contributed by atoms with Crippen molar-refractivity contribution in [1.29, 1.82) is 5.26 Å². The van der Waals surface area contributed by atoms with E-state index in [0.29, 0.717) is 44.8 Å². The van der Waals surface area contributed by atoms with E-state index in [4.69, 9.17) is 19.2 Å². The number of nitriles is 1. The van der Waals surface area contributed by atoms with Gasteiger partial charge in [-0.15, -0.1) is 0 Å². The van der Waals surface area contributed by atoms with Crippen LogP contribution in [-0.4, -0.2) is 51.8 Å². The zero-order valence-electron chi connectivity index (χ0n) is 25.1. The number of carbonyl (C=O) groups excluding carboxylic acids is 2. The molecule has 11 nitrogen and oxygen atoms in total. The molecule has 1 atom stereocenters. The predicted molar refractivity (Wildman–Crippen MR) is 171 cm³/mol. The fourth-order valence-electron chi connectivity index (χ4n) is 4.37. The highest BCUT2D eigenvalue weighted by molar-refractivity contribution is 8.00. The van der Waals surface area contributed by atoms with Gasteiger partial charge in [0.25, 0.3) is 10.0 Å². The number of anilines is 1. The Morgan fingerprint density at radius 3 is 2.07 bits per heavy atom. The highest BCUT2D eigenvalue weighted by atomic mass is 32.2. The molecule has 1 heterocycles. The van der Waals surface area contributed by atoms with Gasteiger partial charge in [-0.2, -0.15) is 5.26 Å². The van der Waals surface area contributed by atoms with Crippen molar-refractivity contribution in [2.45, 2.75) is 29.0 Å². The Balaban J connectivity index is 1.71. The molecule has 0 aliphatic carbocycles. The summed E-state index contributed by atoms with van der Waals surface area (Å²) in [4.78, 5) is 29.1. The summed E-state index contributed by atoms with van der Waals surface area (Å²) in [6.45, 7) is 2.77. The van der Waals surface area contributed by atoms with Crippen LogP contribution >= 0.6 is 11.8 Å². The molecule has 45 heavy (non-hydrogen) atoms. The fraction of sp³-hybridized carbons (Fsp3) is 0.188. The molecule has 0 bridgehead atoms. The number of ether oxygens (including phenoxy) is 3. The van der Waals surface area contributed by atoms with E-state index in [1.165, 1.54) is 45.6 Å². The summed E-state index contributed by atoms with van der Waals surface area (Å²) >= 11 is 1.11. The third-order valence-corrected chi connectivity index (χ3v) is 9.05. The van der Waals surface area contributed by atoms with E-state index >= 15 is 0 Å². The quantitative estimate of drug-likeness (QED) is 0.206. The van der Waals surface area contributed by atoms with Crippen LogP contribution in [0.5, 0.6) is 17.2 Å². The van der Waals surface area contributed by atoms with Crippen LogP contribution < -0.4 is 24.2 Å². The summed E-state index contributed by atoms with van der Waals surface area (Å²) in [6, 6.07) is 22.4. The van der Waals surface area contributed by atoms with Crippen molar-refractivity contribution in [1.82, 2.24) is 9.71 Å². The lowest BCUT2D eigenvalue weighted by Crippen LogP contribution is -2.28. The number of hydrogen-bond acceptors (Lipinski definition) is 10. The smallest absolute Gasteiger partial charge is 0.264 e. The summed E-state index contributed by atoms with van der Waals surface area (Å²) in [5.41, 5.74) is 3.17. The van der Waals surface area contributed by atoms with Gasteiger partial charge in [-0.25, -0.2) is 18.1 Å². The van der Waals surface area contributed by atoms with E-state index in [0.717, 1.165) is 24.2 Å². The third-order valence-electron chi connectivity index (χ3n) is 6.51. The van der Waals surface area contributed by atoms with E-state index in [1.807, 2.05) is 35.1 Å². The zero-order chi connectivity index (χ0) is 32.7. The lowest BCUT2D eigenvalue weighted by molar-refractivity contribution is -0.117. The van der Waals surface area contributed by atoms with E-state index in [9.17, 15) is 23.3 Å². The first kappa shape index (κ1) is 32.8. The lowest BCUT2D eigenvalue weighted by Gasteiger charge is -2.18. The van der Waals surface area contributed by atoms with Gasteiger partial charge in [0.15, 0.2) is 11.5 Å². The van der Waals surface area contributed by atoms with Crippen molar-refractivity contribution in [3.63, 3.8) is 0 Å². The second-order valence-corrected chi connectivity index (χ2v) is 12.6. The van der Waals surface area contributed by atoms with Crippen LogP contribution in [0.3, 0.4) is 0 Å². The maximum atomic E-state index is 13.2. The largest absolute Gasteiger partial charge is 0.493 e. The Labute approximate surface area is 265 Å². The number of amides is 2. The number of rotatable bonds is 11. The van der Waals surface area contributed by atoms with Crippen LogP contribution in [0.25, 0.3) is 22.4 Å². The molecule has 2 amide bonds. The van der Waals surface area contributed by atoms with Gasteiger partial charge in [-0.1, -0.05) is 42.1 Å². The molecule has 4 aromatic rings. The number of benzene rings is 3. The zero-order valence-corrected chi connectivity index (χ0v) is 26.7. The monoisotopic (exact) mass is 646 g/mol. The average molecular weight is 647 g/mol. The van der Waals surface area contributed by atoms with Crippen molar-refractivity contribution >= 4 is 39.3 Å². The summed E-state index contributed by atoms with van der Waals surface area (Å²) in [5.74, 6) is 0.106. The molecule has 0 radical (unpaired) electrons. The van der Waals surface area contributed by atoms with Crippen LogP contribution in [0, 0.1) is 11.3 Å². The second-order valence-electron chi connectivity index (χ2n) is 9.56. The highest BCUT2D eigenvalue weighted by Crippen LogP contribution is 2.44. The number of pyridine rings is 1. The van der Waals surface area contributed by atoms with Gasteiger partial charge >= 0.3 is 0 Å². The fourth-order valence-corrected chi connectivity index (χ4v) is 6.28. The molecule has 0 aliphatic rings. The van der Waals surface area contributed by atoms with Crippen molar-refractivity contribution in [2.75, 3.05) is 26.6 Å². The molecule has 0 saturated carbocycles. The number of hydrogen-bond donors (Lipinski definition) is 2. The Bertz CT molecular complexity index is 1850. The van der Waals surface area contributed by atoms with E-state index in [2.05, 4.69) is 11.4 Å². The van der Waals surface area contributed by atoms with E-state index < -0.39 is 27.1 Å². The summed E-state index contributed by atoms with van der Waals surface area (Å²) < 4.78 is 42.9. The summed E-state index contributed by atoms with van der Waals surface area (Å²) in [5, 5.41) is 12.7. The first-order valence-electron chi connectivity index (χ1n) is 13.4. The number of carbonyl (C=O) groups is 2. The lowest BCUT2D eigenvalue weighted by atomic mass is 9.98. The molecular weight excluding hydrogens is 617 g/mol. The number of nitrogens with zero attached hydrogens (tertiary/aromatic N) is 2.